The first-order valence-electron chi connectivity index (χ1n) is 18.9. The Kier molecular flexibility index (Phi) is 6.76. The number of aromatic nitrogens is 4. The number of hydrogen-bond donors (Lipinski definition) is 0. The van der Waals surface area contributed by atoms with Crippen LogP contribution in [0.5, 0.6) is 0 Å². The molecule has 260 valence electrons. The molecule has 0 aliphatic heterocycles. The molecule has 0 saturated carbocycles. The number of thiophene rings is 1. The second-order valence-corrected chi connectivity index (χ2v) is 15.4. The van der Waals surface area contributed by atoms with Gasteiger partial charge in [0.1, 0.15) is 0 Å². The van der Waals surface area contributed by atoms with Crippen molar-refractivity contribution in [3.8, 4) is 39.9 Å². The Bertz CT molecular complexity index is 3540. The molecule has 0 N–H and O–H groups in total. The van der Waals surface area contributed by atoms with Crippen molar-refractivity contribution in [2.24, 2.45) is 0 Å². The van der Waals surface area contributed by atoms with E-state index in [9.17, 15) is 0 Å². The van der Waals surface area contributed by atoms with Gasteiger partial charge in [-0.1, -0.05) is 152 Å². The lowest BCUT2D eigenvalue weighted by atomic mass is 10.0. The highest BCUT2D eigenvalue weighted by Gasteiger charge is 2.22. The summed E-state index contributed by atoms with van der Waals surface area (Å²) in [6.45, 7) is 0. The molecule has 0 spiro atoms. The summed E-state index contributed by atoms with van der Waals surface area (Å²) in [6.07, 6.45) is 0. The smallest absolute Gasteiger partial charge is 0.165 e. The summed E-state index contributed by atoms with van der Waals surface area (Å²) in [4.78, 5) is 15.7. The van der Waals surface area contributed by atoms with Crippen LogP contribution in [0.25, 0.3) is 114 Å². The van der Waals surface area contributed by atoms with Crippen LogP contribution in [-0.4, -0.2) is 19.5 Å². The van der Waals surface area contributed by atoms with Gasteiger partial charge < -0.3 is 4.57 Å². The Labute approximate surface area is 325 Å². The molecule has 9 aromatic carbocycles. The molecule has 0 unspecified atom stereocenters. The number of rotatable bonds is 4. The van der Waals surface area contributed by atoms with Crippen LogP contribution in [0, 0.1) is 0 Å². The summed E-state index contributed by atoms with van der Waals surface area (Å²) in [7, 11) is 0. The lowest BCUT2D eigenvalue weighted by Crippen LogP contribution is -2.02. The molecule has 0 bridgehead atoms. The van der Waals surface area contributed by atoms with E-state index in [1.165, 1.54) is 63.5 Å². The van der Waals surface area contributed by atoms with Crippen LogP contribution in [-0.2, 0) is 0 Å². The number of nitrogens with zero attached hydrogens (tertiary/aromatic N) is 4. The highest BCUT2D eigenvalue weighted by Crippen LogP contribution is 2.43. The van der Waals surface area contributed by atoms with Gasteiger partial charge in [-0.3, -0.25) is 0 Å². The van der Waals surface area contributed by atoms with Crippen molar-refractivity contribution >= 4 is 85.6 Å². The number of benzene rings is 9. The van der Waals surface area contributed by atoms with Gasteiger partial charge in [0.15, 0.2) is 17.5 Å². The summed E-state index contributed by atoms with van der Waals surface area (Å²) in [6, 6.07) is 65.0. The molecule has 0 radical (unpaired) electrons. The van der Waals surface area contributed by atoms with E-state index in [0.29, 0.717) is 17.5 Å². The molecule has 0 saturated heterocycles. The van der Waals surface area contributed by atoms with Gasteiger partial charge in [-0.2, -0.15) is 0 Å². The minimum Gasteiger partial charge on any atom is -0.308 e. The van der Waals surface area contributed by atoms with Crippen LogP contribution in [0.1, 0.15) is 0 Å². The van der Waals surface area contributed by atoms with Gasteiger partial charge in [-0.25, -0.2) is 15.0 Å². The van der Waals surface area contributed by atoms with E-state index in [2.05, 4.69) is 168 Å². The lowest BCUT2D eigenvalue weighted by Gasteiger charge is -2.16. The molecule has 56 heavy (non-hydrogen) atoms. The van der Waals surface area contributed by atoms with E-state index < -0.39 is 0 Å². The van der Waals surface area contributed by atoms with Crippen molar-refractivity contribution < 1.29 is 0 Å². The van der Waals surface area contributed by atoms with Crippen molar-refractivity contribution in [3.05, 3.63) is 182 Å². The van der Waals surface area contributed by atoms with Gasteiger partial charge >= 0.3 is 0 Å². The highest BCUT2D eigenvalue weighted by atomic mass is 32.1. The summed E-state index contributed by atoms with van der Waals surface area (Å²) in [5.74, 6) is 1.96. The second-order valence-electron chi connectivity index (χ2n) is 14.3. The molecule has 0 fully saturated rings. The number of hydrogen-bond acceptors (Lipinski definition) is 4. The van der Waals surface area contributed by atoms with Gasteiger partial charge in [0.2, 0.25) is 0 Å². The SMILES string of the molecule is c1ccc(-c2nc(-c3ccc(-n4c5ccc6ccccc6c5c5ccc6ccccc6c54)c4ccccc34)nc(-c3cccc4c3sc3ccccc34)n2)cc1. The summed E-state index contributed by atoms with van der Waals surface area (Å²) in [5.41, 5.74) is 6.42. The molecule has 0 aliphatic carbocycles. The van der Waals surface area contributed by atoms with Crippen LogP contribution in [0.2, 0.25) is 0 Å². The van der Waals surface area contributed by atoms with E-state index in [1.54, 1.807) is 11.3 Å². The number of fused-ring (bicyclic) bond motifs is 11. The van der Waals surface area contributed by atoms with E-state index in [1.807, 2.05) is 18.2 Å². The molecular formula is C51H30N4S. The first-order valence-corrected chi connectivity index (χ1v) is 19.7. The first-order chi connectivity index (χ1) is 27.8. The molecule has 12 rings (SSSR count). The molecule has 12 aromatic rings. The highest BCUT2D eigenvalue weighted by molar-refractivity contribution is 7.26. The molecule has 0 atom stereocenters. The van der Waals surface area contributed by atoms with Crippen LogP contribution in [0.15, 0.2) is 182 Å². The maximum absolute atomic E-state index is 5.31. The molecule has 0 amide bonds. The summed E-state index contributed by atoms with van der Waals surface area (Å²) >= 11 is 1.79. The third kappa shape index (κ3) is 4.62. The van der Waals surface area contributed by atoms with Crippen molar-refractivity contribution in [1.82, 2.24) is 19.5 Å². The van der Waals surface area contributed by atoms with Crippen molar-refractivity contribution in [2.75, 3.05) is 0 Å². The van der Waals surface area contributed by atoms with Gasteiger partial charge in [0.05, 0.1) is 16.7 Å². The van der Waals surface area contributed by atoms with Gasteiger partial charge in [-0.15, -0.1) is 11.3 Å². The Balaban J connectivity index is 1.14. The zero-order chi connectivity index (χ0) is 36.7. The fourth-order valence-electron chi connectivity index (χ4n) is 8.73. The zero-order valence-corrected chi connectivity index (χ0v) is 30.8. The molecule has 5 heteroatoms. The minimum atomic E-state index is 0.647. The van der Waals surface area contributed by atoms with Crippen molar-refractivity contribution in [3.63, 3.8) is 0 Å². The Hall–Kier alpha value is -7.21. The lowest BCUT2D eigenvalue weighted by molar-refractivity contribution is 1.08. The first kappa shape index (κ1) is 31.2. The van der Waals surface area contributed by atoms with Crippen molar-refractivity contribution in [1.29, 1.82) is 0 Å². The monoisotopic (exact) mass is 730 g/mol. The molecule has 0 aliphatic rings. The predicted octanol–water partition coefficient (Wildman–Crippen LogP) is 13.8. The summed E-state index contributed by atoms with van der Waals surface area (Å²) < 4.78 is 4.90. The molecule has 4 nitrogen and oxygen atoms in total. The maximum Gasteiger partial charge on any atom is 0.165 e. The average molecular weight is 731 g/mol. The van der Waals surface area contributed by atoms with Gasteiger partial charge in [0.25, 0.3) is 0 Å². The van der Waals surface area contributed by atoms with E-state index in [0.717, 1.165) is 33.2 Å². The Morgan fingerprint density at radius 1 is 0.375 bits per heavy atom. The maximum atomic E-state index is 5.31. The van der Waals surface area contributed by atoms with Gasteiger partial charge in [-0.05, 0) is 51.9 Å². The summed E-state index contributed by atoms with van der Waals surface area (Å²) in [5, 5.41) is 12.1. The van der Waals surface area contributed by atoms with Gasteiger partial charge in [0, 0.05) is 58.4 Å². The largest absolute Gasteiger partial charge is 0.308 e. The third-order valence-electron chi connectivity index (χ3n) is 11.2. The van der Waals surface area contributed by atoms with E-state index in [4.69, 9.17) is 15.0 Å². The van der Waals surface area contributed by atoms with E-state index in [-0.39, 0.29) is 0 Å². The zero-order valence-electron chi connectivity index (χ0n) is 30.0. The fraction of sp³-hybridized carbons (Fsp3) is 0. The van der Waals surface area contributed by atoms with Crippen molar-refractivity contribution in [2.45, 2.75) is 0 Å². The normalized spacial score (nSPS) is 11.9. The minimum absolute atomic E-state index is 0.647. The Morgan fingerprint density at radius 3 is 1.84 bits per heavy atom. The quantitative estimate of drug-likeness (QED) is 0.181. The third-order valence-corrected chi connectivity index (χ3v) is 12.5. The van der Waals surface area contributed by atoms with Crippen LogP contribution < -0.4 is 0 Å². The van der Waals surface area contributed by atoms with Crippen LogP contribution in [0.3, 0.4) is 0 Å². The Morgan fingerprint density at radius 2 is 1.00 bits per heavy atom. The molecule has 3 heterocycles. The predicted molar refractivity (Wildman–Crippen MR) is 236 cm³/mol. The standard InChI is InChI=1S/C51H30N4S/c1-2-15-33(16-3-1)49-52-50(54-51(53-49)42-23-12-22-39-38-21-10-11-24-45(38)56-48(39)42)40-28-30-43(37-20-9-8-19-36(37)40)55-44-29-26-31-13-4-6-17-34(31)46(44)41-27-25-32-14-5-7-18-35(32)47(41)55/h1-30H. The van der Waals surface area contributed by atoms with E-state index >= 15 is 0 Å². The molecule has 3 aromatic heterocycles. The topological polar surface area (TPSA) is 43.6 Å². The average Bonchev–Trinajstić information content (AvgIpc) is 3.83. The molecular weight excluding hydrogens is 701 g/mol. The second kappa shape index (κ2) is 12.2. The van der Waals surface area contributed by atoms with Crippen LogP contribution in [0.4, 0.5) is 0 Å². The van der Waals surface area contributed by atoms with Crippen LogP contribution >= 0.6 is 11.3 Å². The fourth-order valence-corrected chi connectivity index (χ4v) is 9.94.